The van der Waals surface area contributed by atoms with E-state index in [0.717, 1.165) is 19.3 Å². The van der Waals surface area contributed by atoms with Gasteiger partial charge in [-0.1, -0.05) is 23.2 Å². The number of halogens is 2. The van der Waals surface area contributed by atoms with Crippen molar-refractivity contribution >= 4 is 29.1 Å². The zero-order valence-corrected chi connectivity index (χ0v) is 11.7. The minimum Gasteiger partial charge on any atom is -0.396 e. The fourth-order valence-corrected chi connectivity index (χ4v) is 1.77. The number of hydrogen-bond donors (Lipinski definition) is 1. The van der Waals surface area contributed by atoms with Crippen LogP contribution in [-0.4, -0.2) is 41.1 Å². The molecule has 6 heteroatoms. The van der Waals surface area contributed by atoms with E-state index >= 15 is 0 Å². The molecule has 0 fully saturated rings. The van der Waals surface area contributed by atoms with Crippen LogP contribution < -0.4 is 0 Å². The summed E-state index contributed by atoms with van der Waals surface area (Å²) in [6.07, 6.45) is 3.93. The van der Waals surface area contributed by atoms with Gasteiger partial charge < -0.3 is 10.0 Å². The molecule has 0 aliphatic heterocycles. The van der Waals surface area contributed by atoms with Crippen LogP contribution in [0.3, 0.4) is 0 Å². The van der Waals surface area contributed by atoms with Gasteiger partial charge in [-0.15, -0.1) is 0 Å². The van der Waals surface area contributed by atoms with Crippen molar-refractivity contribution in [2.24, 2.45) is 0 Å². The van der Waals surface area contributed by atoms with Crippen LogP contribution in [0.5, 0.6) is 0 Å². The van der Waals surface area contributed by atoms with Crippen molar-refractivity contribution in [1.29, 1.82) is 0 Å². The first-order valence-corrected chi connectivity index (χ1v) is 6.49. The van der Waals surface area contributed by atoms with Crippen LogP contribution in [0.4, 0.5) is 0 Å². The molecule has 0 bridgehead atoms. The number of pyridine rings is 1. The van der Waals surface area contributed by atoms with Crippen molar-refractivity contribution in [1.82, 2.24) is 9.88 Å². The first-order valence-electron chi connectivity index (χ1n) is 5.73. The molecule has 0 spiro atoms. The third-order valence-electron chi connectivity index (χ3n) is 2.54. The van der Waals surface area contributed by atoms with Gasteiger partial charge in [-0.25, -0.2) is 4.98 Å². The second-order valence-corrected chi connectivity index (χ2v) is 4.77. The zero-order chi connectivity index (χ0) is 13.5. The van der Waals surface area contributed by atoms with E-state index in [1.54, 1.807) is 11.9 Å². The lowest BCUT2D eigenvalue weighted by Crippen LogP contribution is -2.27. The Bertz CT molecular complexity index is 413. The Kier molecular flexibility index (Phi) is 6.39. The molecule has 0 saturated carbocycles. The Morgan fingerprint density at radius 1 is 1.39 bits per heavy atom. The summed E-state index contributed by atoms with van der Waals surface area (Å²) in [7, 11) is 1.73. The Balaban J connectivity index is 2.54. The Labute approximate surface area is 117 Å². The van der Waals surface area contributed by atoms with Gasteiger partial charge >= 0.3 is 0 Å². The topological polar surface area (TPSA) is 53.4 Å². The number of amides is 1. The van der Waals surface area contributed by atoms with Crippen molar-refractivity contribution < 1.29 is 9.90 Å². The molecule has 1 amide bonds. The molecule has 1 rings (SSSR count). The minimum atomic E-state index is -0.134. The second kappa shape index (κ2) is 7.56. The SMILES string of the molecule is CN(CCCCCO)C(=O)c1cnc(Cl)c(Cl)c1. The second-order valence-electron chi connectivity index (χ2n) is 4.01. The summed E-state index contributed by atoms with van der Waals surface area (Å²) in [4.78, 5) is 17.5. The molecule has 1 aromatic rings. The number of aliphatic hydroxyl groups is 1. The summed E-state index contributed by atoms with van der Waals surface area (Å²) in [6.45, 7) is 0.827. The molecule has 0 saturated heterocycles. The van der Waals surface area contributed by atoms with E-state index < -0.39 is 0 Å². The van der Waals surface area contributed by atoms with Crippen LogP contribution >= 0.6 is 23.2 Å². The zero-order valence-electron chi connectivity index (χ0n) is 10.2. The van der Waals surface area contributed by atoms with Crippen LogP contribution in [0.15, 0.2) is 12.3 Å². The molecular weight excluding hydrogens is 275 g/mol. The van der Waals surface area contributed by atoms with Crippen molar-refractivity contribution in [2.75, 3.05) is 20.2 Å². The maximum absolute atomic E-state index is 12.0. The van der Waals surface area contributed by atoms with E-state index in [-0.39, 0.29) is 22.7 Å². The van der Waals surface area contributed by atoms with Gasteiger partial charge in [0.1, 0.15) is 5.15 Å². The fraction of sp³-hybridized carbons (Fsp3) is 0.500. The molecule has 18 heavy (non-hydrogen) atoms. The number of rotatable bonds is 6. The molecule has 1 aromatic heterocycles. The number of aromatic nitrogens is 1. The molecule has 0 radical (unpaired) electrons. The van der Waals surface area contributed by atoms with E-state index in [4.69, 9.17) is 28.3 Å². The quantitative estimate of drug-likeness (QED) is 0.647. The standard InChI is InChI=1S/C12H16Cl2N2O2/c1-16(5-3-2-4-6-17)12(18)9-7-10(13)11(14)15-8-9/h7-8,17H,2-6H2,1H3. The van der Waals surface area contributed by atoms with E-state index in [2.05, 4.69) is 4.98 Å². The van der Waals surface area contributed by atoms with Crippen LogP contribution in [0.1, 0.15) is 29.6 Å². The summed E-state index contributed by atoms with van der Waals surface area (Å²) >= 11 is 11.5. The highest BCUT2D eigenvalue weighted by Gasteiger charge is 2.13. The highest BCUT2D eigenvalue weighted by Crippen LogP contribution is 2.20. The van der Waals surface area contributed by atoms with Gasteiger partial charge in [0, 0.05) is 26.4 Å². The van der Waals surface area contributed by atoms with Crippen LogP contribution in [-0.2, 0) is 0 Å². The molecule has 0 atom stereocenters. The smallest absolute Gasteiger partial charge is 0.255 e. The molecule has 1 N–H and O–H groups in total. The molecule has 0 aliphatic rings. The van der Waals surface area contributed by atoms with Crippen molar-refractivity contribution in [2.45, 2.75) is 19.3 Å². The Morgan fingerprint density at radius 3 is 2.72 bits per heavy atom. The predicted octanol–water partition coefficient (Wildman–Crippen LogP) is 2.62. The van der Waals surface area contributed by atoms with E-state index in [0.29, 0.717) is 12.1 Å². The summed E-state index contributed by atoms with van der Waals surface area (Å²) in [5, 5.41) is 9.13. The number of nitrogens with zero attached hydrogens (tertiary/aromatic N) is 2. The third kappa shape index (κ3) is 4.44. The molecule has 4 nitrogen and oxygen atoms in total. The molecule has 0 aromatic carbocycles. The van der Waals surface area contributed by atoms with Crippen LogP contribution in [0.25, 0.3) is 0 Å². The van der Waals surface area contributed by atoms with E-state index in [9.17, 15) is 4.79 Å². The molecule has 0 aliphatic carbocycles. The first kappa shape index (κ1) is 15.2. The van der Waals surface area contributed by atoms with Crippen molar-refractivity contribution in [3.8, 4) is 0 Å². The average Bonchev–Trinajstić information content (AvgIpc) is 2.37. The molecule has 100 valence electrons. The van der Waals surface area contributed by atoms with Gasteiger partial charge in [0.05, 0.1) is 10.6 Å². The lowest BCUT2D eigenvalue weighted by atomic mass is 10.2. The van der Waals surface area contributed by atoms with E-state index in [1.807, 2.05) is 0 Å². The first-order chi connectivity index (χ1) is 8.56. The van der Waals surface area contributed by atoms with Gasteiger partial charge in [0.2, 0.25) is 0 Å². The lowest BCUT2D eigenvalue weighted by molar-refractivity contribution is 0.0791. The number of carbonyl (C=O) groups is 1. The Morgan fingerprint density at radius 2 is 2.11 bits per heavy atom. The van der Waals surface area contributed by atoms with Gasteiger partial charge in [0.15, 0.2) is 0 Å². The largest absolute Gasteiger partial charge is 0.396 e. The normalized spacial score (nSPS) is 10.4. The van der Waals surface area contributed by atoms with Gasteiger partial charge in [0.25, 0.3) is 5.91 Å². The van der Waals surface area contributed by atoms with Crippen molar-refractivity contribution in [3.05, 3.63) is 28.0 Å². The van der Waals surface area contributed by atoms with Crippen LogP contribution in [0.2, 0.25) is 10.2 Å². The summed E-state index contributed by atoms with van der Waals surface area (Å²) < 4.78 is 0. The van der Waals surface area contributed by atoms with Crippen LogP contribution in [0, 0.1) is 0 Å². The van der Waals surface area contributed by atoms with Gasteiger partial charge in [-0.2, -0.15) is 0 Å². The third-order valence-corrected chi connectivity index (χ3v) is 3.23. The maximum Gasteiger partial charge on any atom is 0.255 e. The molecular formula is C12H16Cl2N2O2. The highest BCUT2D eigenvalue weighted by molar-refractivity contribution is 6.41. The summed E-state index contributed by atoms with van der Waals surface area (Å²) in [5.74, 6) is -0.134. The minimum absolute atomic E-state index is 0.134. The molecule has 0 unspecified atom stereocenters. The van der Waals surface area contributed by atoms with Crippen molar-refractivity contribution in [3.63, 3.8) is 0 Å². The highest BCUT2D eigenvalue weighted by atomic mass is 35.5. The van der Waals surface area contributed by atoms with E-state index in [1.165, 1.54) is 12.3 Å². The van der Waals surface area contributed by atoms with Gasteiger partial charge in [-0.3, -0.25) is 4.79 Å². The monoisotopic (exact) mass is 290 g/mol. The summed E-state index contributed by atoms with van der Waals surface area (Å²) in [6, 6.07) is 1.52. The fourth-order valence-electron chi connectivity index (χ4n) is 1.50. The maximum atomic E-state index is 12.0. The number of unbranched alkanes of at least 4 members (excludes halogenated alkanes) is 2. The number of carbonyl (C=O) groups excluding carboxylic acids is 1. The Hall–Kier alpha value is -0.840. The predicted molar refractivity (Wildman–Crippen MR) is 72.2 cm³/mol. The lowest BCUT2D eigenvalue weighted by Gasteiger charge is -2.17. The number of hydrogen-bond acceptors (Lipinski definition) is 3. The number of aliphatic hydroxyl groups excluding tert-OH is 1. The summed E-state index contributed by atoms with van der Waals surface area (Å²) in [5.41, 5.74) is 0.425. The average molecular weight is 291 g/mol. The molecule has 1 heterocycles. The van der Waals surface area contributed by atoms with Gasteiger partial charge in [-0.05, 0) is 25.3 Å².